The molecular weight excluding hydrogens is 483 g/mol. The van der Waals surface area contributed by atoms with Crippen LogP contribution < -0.4 is 11.0 Å². The number of rotatable bonds is 6. The van der Waals surface area contributed by atoms with Crippen LogP contribution in [0.4, 0.5) is 18.9 Å². The summed E-state index contributed by atoms with van der Waals surface area (Å²) in [6.45, 7) is 1.74. The number of imidazole rings is 1. The average molecular weight is 508 g/mol. The summed E-state index contributed by atoms with van der Waals surface area (Å²) in [5.41, 5.74) is -3.68. The first kappa shape index (κ1) is 24.9. The van der Waals surface area contributed by atoms with Gasteiger partial charge < -0.3 is 15.3 Å². The zero-order chi connectivity index (χ0) is 25.2. The number of carbonyl (C=O) groups excluding carboxylic acids is 1. The third-order valence-corrected chi connectivity index (χ3v) is 6.60. The second kappa shape index (κ2) is 10.2. The highest BCUT2D eigenvalue weighted by Crippen LogP contribution is 2.37. The van der Waals surface area contributed by atoms with Crippen molar-refractivity contribution in [1.29, 1.82) is 0 Å². The van der Waals surface area contributed by atoms with Gasteiger partial charge in [-0.2, -0.15) is 13.2 Å². The first-order valence-corrected chi connectivity index (χ1v) is 11.7. The standard InChI is InChI=1S/C23H24F3N5O3S/c1-29-10-7-15(8-11-29)21(33)28-19-12-27-9-6-16(19)13-30-14-20(32)31(22(30)34)17-2-4-18(5-3-17)35-23(24,25)26/h2-6,9,12,14-15,32H,7-8,10-11,13H2,1H3,(H,28,33). The molecule has 0 bridgehead atoms. The van der Waals surface area contributed by atoms with Gasteiger partial charge in [-0.3, -0.25) is 14.3 Å². The molecule has 8 nitrogen and oxygen atoms in total. The largest absolute Gasteiger partial charge is 0.493 e. The molecule has 1 aliphatic heterocycles. The van der Waals surface area contributed by atoms with E-state index in [0.717, 1.165) is 30.5 Å². The van der Waals surface area contributed by atoms with Crippen LogP contribution in [0.3, 0.4) is 0 Å². The molecule has 0 radical (unpaired) electrons. The molecule has 2 N–H and O–H groups in total. The Bertz CT molecular complexity index is 1250. The van der Waals surface area contributed by atoms with E-state index < -0.39 is 11.2 Å². The molecule has 2 aromatic heterocycles. The molecule has 0 aliphatic carbocycles. The van der Waals surface area contributed by atoms with Crippen molar-refractivity contribution in [3.8, 4) is 11.6 Å². The molecule has 0 saturated carbocycles. The molecule has 3 aromatic rings. The van der Waals surface area contributed by atoms with Crippen molar-refractivity contribution in [2.75, 3.05) is 25.5 Å². The van der Waals surface area contributed by atoms with Gasteiger partial charge in [-0.15, -0.1) is 0 Å². The second-order valence-electron chi connectivity index (χ2n) is 8.37. The van der Waals surface area contributed by atoms with Gasteiger partial charge >= 0.3 is 11.2 Å². The van der Waals surface area contributed by atoms with Crippen molar-refractivity contribution in [3.63, 3.8) is 0 Å². The van der Waals surface area contributed by atoms with E-state index in [4.69, 9.17) is 0 Å². The normalized spacial score (nSPS) is 15.3. The van der Waals surface area contributed by atoms with Gasteiger partial charge in [0.2, 0.25) is 11.8 Å². The number of pyridine rings is 1. The zero-order valence-corrected chi connectivity index (χ0v) is 19.6. The number of carbonyl (C=O) groups is 1. The Balaban J connectivity index is 1.53. The second-order valence-corrected chi connectivity index (χ2v) is 9.51. The van der Waals surface area contributed by atoms with E-state index in [9.17, 15) is 27.9 Å². The Morgan fingerprint density at radius 3 is 2.54 bits per heavy atom. The number of amides is 1. The minimum Gasteiger partial charge on any atom is -0.493 e. The number of nitrogens with zero attached hydrogens (tertiary/aromatic N) is 4. The van der Waals surface area contributed by atoms with Gasteiger partial charge in [0, 0.05) is 17.0 Å². The summed E-state index contributed by atoms with van der Waals surface area (Å²) in [5.74, 6) is -0.570. The van der Waals surface area contributed by atoms with Crippen molar-refractivity contribution in [3.05, 3.63) is 65.0 Å². The molecule has 35 heavy (non-hydrogen) atoms. The summed E-state index contributed by atoms with van der Waals surface area (Å²) >= 11 is -0.261. The number of hydrogen-bond donors (Lipinski definition) is 2. The predicted octanol–water partition coefficient (Wildman–Crippen LogP) is 3.68. The molecule has 1 fully saturated rings. The molecule has 1 saturated heterocycles. The minimum absolute atomic E-state index is 0.0324. The van der Waals surface area contributed by atoms with Crippen molar-refractivity contribution >= 4 is 23.4 Å². The lowest BCUT2D eigenvalue weighted by Gasteiger charge is -2.28. The smallest absolute Gasteiger partial charge is 0.446 e. The van der Waals surface area contributed by atoms with E-state index in [-0.39, 0.29) is 46.6 Å². The van der Waals surface area contributed by atoms with Crippen LogP contribution in [-0.4, -0.2) is 55.7 Å². The number of nitrogens with one attached hydrogen (secondary N) is 1. The van der Waals surface area contributed by atoms with E-state index >= 15 is 0 Å². The number of benzene rings is 1. The molecule has 3 heterocycles. The summed E-state index contributed by atoms with van der Waals surface area (Å²) in [4.78, 5) is 32.0. The highest BCUT2D eigenvalue weighted by Gasteiger charge is 2.29. The number of thioether (sulfide) groups is 1. The number of anilines is 1. The van der Waals surface area contributed by atoms with Gasteiger partial charge in [-0.1, -0.05) is 0 Å². The molecule has 0 unspecified atom stereocenters. The lowest BCUT2D eigenvalue weighted by Crippen LogP contribution is -2.36. The SMILES string of the molecule is CN1CCC(C(=O)Nc2cnccc2Cn2cc(O)n(-c3ccc(SC(F)(F)F)cc3)c2=O)CC1. The maximum absolute atomic E-state index is 13.0. The fraction of sp³-hybridized carbons (Fsp3) is 0.348. The monoisotopic (exact) mass is 507 g/mol. The fourth-order valence-corrected chi connectivity index (χ4v) is 4.53. The summed E-state index contributed by atoms with van der Waals surface area (Å²) < 4.78 is 40.0. The Kier molecular flexibility index (Phi) is 7.22. The summed E-state index contributed by atoms with van der Waals surface area (Å²) in [6, 6.07) is 6.80. The number of aromatic hydroxyl groups is 1. The van der Waals surface area contributed by atoms with E-state index in [1.54, 1.807) is 12.3 Å². The lowest BCUT2D eigenvalue weighted by molar-refractivity contribution is -0.121. The van der Waals surface area contributed by atoms with Crippen molar-refractivity contribution in [2.45, 2.75) is 29.8 Å². The molecule has 186 valence electrons. The quantitative estimate of drug-likeness (QED) is 0.495. The Hall–Kier alpha value is -3.25. The third kappa shape index (κ3) is 6.06. The van der Waals surface area contributed by atoms with Gasteiger partial charge in [0.25, 0.3) is 0 Å². The summed E-state index contributed by atoms with van der Waals surface area (Å²) in [5, 5.41) is 13.3. The molecule has 0 spiro atoms. The van der Waals surface area contributed by atoms with Crippen LogP contribution in [0.1, 0.15) is 18.4 Å². The molecule has 0 atom stereocenters. The van der Waals surface area contributed by atoms with Crippen molar-refractivity contribution in [2.24, 2.45) is 5.92 Å². The number of likely N-dealkylation sites (tertiary alicyclic amines) is 1. The Morgan fingerprint density at radius 2 is 1.89 bits per heavy atom. The third-order valence-electron chi connectivity index (χ3n) is 5.87. The van der Waals surface area contributed by atoms with Crippen LogP contribution in [0.5, 0.6) is 5.88 Å². The highest BCUT2D eigenvalue weighted by atomic mass is 32.2. The van der Waals surface area contributed by atoms with Crippen LogP contribution in [0.2, 0.25) is 0 Å². The maximum Gasteiger partial charge on any atom is 0.446 e. The molecule has 1 aromatic carbocycles. The highest BCUT2D eigenvalue weighted by molar-refractivity contribution is 8.00. The van der Waals surface area contributed by atoms with Gasteiger partial charge in [0.15, 0.2) is 0 Å². The summed E-state index contributed by atoms with van der Waals surface area (Å²) in [6.07, 6.45) is 5.81. The minimum atomic E-state index is -4.42. The van der Waals surface area contributed by atoms with Crippen molar-refractivity contribution in [1.82, 2.24) is 19.0 Å². The van der Waals surface area contributed by atoms with Gasteiger partial charge in [-0.25, -0.2) is 9.36 Å². The van der Waals surface area contributed by atoms with Crippen molar-refractivity contribution < 1.29 is 23.1 Å². The van der Waals surface area contributed by atoms with Crippen LogP contribution >= 0.6 is 11.8 Å². The topological polar surface area (TPSA) is 92.4 Å². The first-order chi connectivity index (χ1) is 16.6. The lowest BCUT2D eigenvalue weighted by atomic mass is 9.96. The average Bonchev–Trinajstić information content (AvgIpc) is 3.08. The molecular formula is C23H24F3N5O3S. The van der Waals surface area contributed by atoms with Gasteiger partial charge in [0.1, 0.15) is 0 Å². The van der Waals surface area contributed by atoms with Crippen LogP contribution in [0.15, 0.2) is 58.6 Å². The van der Waals surface area contributed by atoms with E-state index in [1.807, 2.05) is 7.05 Å². The van der Waals surface area contributed by atoms with Crippen LogP contribution in [0, 0.1) is 5.92 Å². The predicted molar refractivity (Wildman–Crippen MR) is 126 cm³/mol. The number of hydrogen-bond acceptors (Lipinski definition) is 6. The molecule has 1 aliphatic rings. The first-order valence-electron chi connectivity index (χ1n) is 10.9. The van der Waals surface area contributed by atoms with E-state index in [0.29, 0.717) is 11.3 Å². The Labute approximate surface area is 203 Å². The van der Waals surface area contributed by atoms with Gasteiger partial charge in [-0.05, 0) is 80.6 Å². The molecule has 12 heteroatoms. The number of piperidine rings is 1. The zero-order valence-electron chi connectivity index (χ0n) is 18.8. The number of halogens is 3. The van der Waals surface area contributed by atoms with Crippen LogP contribution in [-0.2, 0) is 11.3 Å². The summed E-state index contributed by atoms with van der Waals surface area (Å²) in [7, 11) is 2.02. The molecule has 4 rings (SSSR count). The van der Waals surface area contributed by atoms with E-state index in [1.165, 1.54) is 41.2 Å². The maximum atomic E-state index is 13.0. The van der Waals surface area contributed by atoms with Crippen LogP contribution in [0.25, 0.3) is 5.69 Å². The fourth-order valence-electron chi connectivity index (χ4n) is 3.99. The van der Waals surface area contributed by atoms with E-state index in [2.05, 4.69) is 15.2 Å². The number of alkyl halides is 3. The Morgan fingerprint density at radius 1 is 1.20 bits per heavy atom. The number of aromatic nitrogens is 3. The van der Waals surface area contributed by atoms with Gasteiger partial charge in [0.05, 0.1) is 30.3 Å². The molecule has 1 amide bonds.